The number of aromatic nitrogens is 1. The first-order valence-electron chi connectivity index (χ1n) is 8.47. The van der Waals surface area contributed by atoms with E-state index in [9.17, 15) is 4.79 Å². The van der Waals surface area contributed by atoms with Crippen molar-refractivity contribution in [2.24, 2.45) is 0 Å². The van der Waals surface area contributed by atoms with Crippen LogP contribution in [0.3, 0.4) is 0 Å². The first-order chi connectivity index (χ1) is 11.2. The molecule has 1 unspecified atom stereocenters. The number of hydrogen-bond acceptors (Lipinski definition) is 2. The summed E-state index contributed by atoms with van der Waals surface area (Å²) in [6, 6.07) is 14.9. The molecule has 1 aliphatic carbocycles. The lowest BCUT2D eigenvalue weighted by Crippen LogP contribution is -2.32. The largest absolute Gasteiger partial charge is 0.335 e. The number of carbonyl (C=O) groups excluding carboxylic acids is 1. The molecule has 3 nitrogen and oxygen atoms in total. The van der Waals surface area contributed by atoms with Gasteiger partial charge in [-0.25, -0.2) is 0 Å². The number of carbonyl (C=O) groups is 1. The van der Waals surface area contributed by atoms with Gasteiger partial charge >= 0.3 is 0 Å². The van der Waals surface area contributed by atoms with Crippen LogP contribution in [0.1, 0.15) is 49.7 Å². The van der Waals surface area contributed by atoms with E-state index in [-0.39, 0.29) is 5.91 Å². The van der Waals surface area contributed by atoms with Gasteiger partial charge in [0.05, 0.1) is 0 Å². The maximum absolute atomic E-state index is 12.7. The quantitative estimate of drug-likeness (QED) is 0.769. The van der Waals surface area contributed by atoms with Crippen LogP contribution in [0, 0.1) is 0 Å². The average molecular weight is 308 g/mol. The number of hydrogen-bond donors (Lipinski definition) is 0. The Kier molecular flexibility index (Phi) is 5.06. The Morgan fingerprint density at radius 3 is 2.52 bits per heavy atom. The number of benzene rings is 1. The highest BCUT2D eigenvalue weighted by Gasteiger charge is 2.32. The van der Waals surface area contributed by atoms with E-state index >= 15 is 0 Å². The van der Waals surface area contributed by atoms with E-state index in [2.05, 4.69) is 41.1 Å². The van der Waals surface area contributed by atoms with Crippen molar-refractivity contribution in [3.63, 3.8) is 0 Å². The van der Waals surface area contributed by atoms with Crippen molar-refractivity contribution >= 4 is 5.91 Å². The molecule has 1 saturated carbocycles. The van der Waals surface area contributed by atoms with Gasteiger partial charge in [-0.2, -0.15) is 0 Å². The van der Waals surface area contributed by atoms with E-state index in [4.69, 9.17) is 0 Å². The van der Waals surface area contributed by atoms with E-state index in [0.29, 0.717) is 24.9 Å². The van der Waals surface area contributed by atoms with Crippen LogP contribution in [-0.4, -0.2) is 21.8 Å². The summed E-state index contributed by atoms with van der Waals surface area (Å²) >= 11 is 0. The predicted octanol–water partition coefficient (Wildman–Crippen LogP) is 4.16. The molecule has 1 fully saturated rings. The molecule has 0 radical (unpaired) electrons. The summed E-state index contributed by atoms with van der Waals surface area (Å²) in [5.41, 5.74) is 2.48. The van der Waals surface area contributed by atoms with Crippen LogP contribution in [0.5, 0.6) is 0 Å². The second-order valence-corrected chi connectivity index (χ2v) is 6.46. The van der Waals surface area contributed by atoms with Crippen molar-refractivity contribution in [2.45, 2.75) is 51.1 Å². The minimum atomic E-state index is 0.284. The van der Waals surface area contributed by atoms with E-state index in [0.717, 1.165) is 24.8 Å². The first kappa shape index (κ1) is 15.7. The molecule has 1 heterocycles. The highest BCUT2D eigenvalue weighted by atomic mass is 16.2. The lowest BCUT2D eigenvalue weighted by molar-refractivity contribution is -0.132. The van der Waals surface area contributed by atoms with Gasteiger partial charge in [-0.1, -0.05) is 37.3 Å². The first-order valence-corrected chi connectivity index (χ1v) is 8.47. The minimum Gasteiger partial charge on any atom is -0.335 e. The molecule has 3 rings (SSSR count). The van der Waals surface area contributed by atoms with Crippen LogP contribution >= 0.6 is 0 Å². The zero-order chi connectivity index (χ0) is 16.1. The maximum Gasteiger partial charge on any atom is 0.223 e. The fraction of sp³-hybridized carbons (Fsp3) is 0.400. The molecule has 0 bridgehead atoms. The minimum absolute atomic E-state index is 0.284. The Labute approximate surface area is 138 Å². The topological polar surface area (TPSA) is 33.2 Å². The third kappa shape index (κ3) is 4.41. The van der Waals surface area contributed by atoms with Crippen LogP contribution < -0.4 is 0 Å². The van der Waals surface area contributed by atoms with Crippen LogP contribution in [0.2, 0.25) is 0 Å². The number of nitrogens with zero attached hydrogens (tertiary/aromatic N) is 2. The van der Waals surface area contributed by atoms with E-state index in [1.165, 1.54) is 5.56 Å². The summed E-state index contributed by atoms with van der Waals surface area (Å²) in [5, 5.41) is 0. The number of rotatable bonds is 7. The molecule has 120 valence electrons. The Hall–Kier alpha value is -2.16. The molecule has 1 aliphatic rings. The zero-order valence-electron chi connectivity index (χ0n) is 13.7. The molecule has 0 N–H and O–H groups in total. The SMILES string of the molecule is CC(CCC(=O)N(Cc1ccncc1)C1CC1)c1ccccc1. The molecular weight excluding hydrogens is 284 g/mol. The van der Waals surface area contributed by atoms with Crippen LogP contribution in [0.15, 0.2) is 54.9 Å². The van der Waals surface area contributed by atoms with Crippen molar-refractivity contribution in [3.8, 4) is 0 Å². The molecule has 2 aromatic rings. The fourth-order valence-corrected chi connectivity index (χ4v) is 2.92. The van der Waals surface area contributed by atoms with E-state index < -0.39 is 0 Å². The van der Waals surface area contributed by atoms with Gasteiger partial charge in [-0.05, 0) is 48.4 Å². The standard InChI is InChI=1S/C20H24N2O/c1-16(18-5-3-2-4-6-18)7-10-20(23)22(19-8-9-19)15-17-11-13-21-14-12-17/h2-6,11-14,16,19H,7-10,15H2,1H3. The van der Waals surface area contributed by atoms with Crippen molar-refractivity contribution in [3.05, 3.63) is 66.0 Å². The van der Waals surface area contributed by atoms with Crippen molar-refractivity contribution in [1.82, 2.24) is 9.88 Å². The Balaban J connectivity index is 1.57. The monoisotopic (exact) mass is 308 g/mol. The predicted molar refractivity (Wildman–Crippen MR) is 91.9 cm³/mol. The van der Waals surface area contributed by atoms with Crippen molar-refractivity contribution in [1.29, 1.82) is 0 Å². The molecule has 1 atom stereocenters. The van der Waals surface area contributed by atoms with Crippen LogP contribution in [-0.2, 0) is 11.3 Å². The summed E-state index contributed by atoms with van der Waals surface area (Å²) in [5.74, 6) is 0.703. The Morgan fingerprint density at radius 1 is 1.17 bits per heavy atom. The van der Waals surface area contributed by atoms with Gasteiger partial charge < -0.3 is 4.90 Å². The average Bonchev–Trinajstić information content (AvgIpc) is 3.44. The van der Waals surface area contributed by atoms with Gasteiger partial charge in [0, 0.05) is 31.4 Å². The third-order valence-corrected chi connectivity index (χ3v) is 4.57. The number of pyridine rings is 1. The Bertz CT molecular complexity index is 623. The molecule has 1 aromatic carbocycles. The summed E-state index contributed by atoms with van der Waals surface area (Å²) < 4.78 is 0. The molecule has 0 aliphatic heterocycles. The number of amides is 1. The smallest absolute Gasteiger partial charge is 0.223 e. The van der Waals surface area contributed by atoms with Gasteiger partial charge in [-0.3, -0.25) is 9.78 Å². The second kappa shape index (κ2) is 7.40. The van der Waals surface area contributed by atoms with Crippen LogP contribution in [0.4, 0.5) is 0 Å². The van der Waals surface area contributed by atoms with Crippen LogP contribution in [0.25, 0.3) is 0 Å². The van der Waals surface area contributed by atoms with Crippen molar-refractivity contribution in [2.75, 3.05) is 0 Å². The lowest BCUT2D eigenvalue weighted by atomic mass is 9.96. The summed E-state index contributed by atoms with van der Waals surface area (Å²) in [7, 11) is 0. The molecule has 1 amide bonds. The summed E-state index contributed by atoms with van der Waals surface area (Å²) in [6.07, 6.45) is 7.40. The maximum atomic E-state index is 12.7. The fourth-order valence-electron chi connectivity index (χ4n) is 2.92. The molecule has 1 aromatic heterocycles. The Morgan fingerprint density at radius 2 is 1.87 bits per heavy atom. The summed E-state index contributed by atoms with van der Waals surface area (Å²) in [4.78, 5) is 18.8. The molecule has 0 saturated heterocycles. The lowest BCUT2D eigenvalue weighted by Gasteiger charge is -2.23. The second-order valence-electron chi connectivity index (χ2n) is 6.46. The molecule has 0 spiro atoms. The zero-order valence-corrected chi connectivity index (χ0v) is 13.7. The third-order valence-electron chi connectivity index (χ3n) is 4.57. The highest BCUT2D eigenvalue weighted by molar-refractivity contribution is 5.77. The summed E-state index contributed by atoms with van der Waals surface area (Å²) in [6.45, 7) is 2.92. The van der Waals surface area contributed by atoms with Gasteiger partial charge in [0.25, 0.3) is 0 Å². The van der Waals surface area contributed by atoms with Gasteiger partial charge in [0.2, 0.25) is 5.91 Å². The molecule has 23 heavy (non-hydrogen) atoms. The molecular formula is C20H24N2O. The van der Waals surface area contributed by atoms with Crippen molar-refractivity contribution < 1.29 is 4.79 Å². The normalized spacial score (nSPS) is 15.2. The van der Waals surface area contributed by atoms with Gasteiger partial charge in [0.1, 0.15) is 0 Å². The van der Waals surface area contributed by atoms with E-state index in [1.807, 2.05) is 18.2 Å². The highest BCUT2D eigenvalue weighted by Crippen LogP contribution is 2.30. The molecule has 3 heteroatoms. The van der Waals surface area contributed by atoms with Gasteiger partial charge in [-0.15, -0.1) is 0 Å². The van der Waals surface area contributed by atoms with Gasteiger partial charge in [0.15, 0.2) is 0 Å². The van der Waals surface area contributed by atoms with E-state index in [1.54, 1.807) is 12.4 Å².